The number of sulfonamides is 1. The number of benzene rings is 2. The Morgan fingerprint density at radius 2 is 1.85 bits per heavy atom. The highest BCUT2D eigenvalue weighted by atomic mass is 32.2. The van der Waals surface area contributed by atoms with Crippen LogP contribution in [0.15, 0.2) is 53.4 Å². The first kappa shape index (κ1) is 12.9. The molecule has 0 saturated carbocycles. The third kappa shape index (κ3) is 2.45. The number of nitrogens with one attached hydrogen (secondary N) is 1. The summed E-state index contributed by atoms with van der Waals surface area (Å²) in [6, 6.07) is 13.4. The molecule has 7 heteroatoms. The van der Waals surface area contributed by atoms with E-state index in [0.29, 0.717) is 10.8 Å². The number of fused-ring (bicyclic) bond motifs is 1. The maximum atomic E-state index is 12.2. The molecule has 0 saturated heterocycles. The van der Waals surface area contributed by atoms with Crippen molar-refractivity contribution in [1.82, 2.24) is 4.98 Å². The van der Waals surface area contributed by atoms with Crippen LogP contribution in [0.1, 0.15) is 0 Å². The Hall–Kier alpha value is -2.12. The molecule has 0 fully saturated rings. The van der Waals surface area contributed by atoms with Crippen LogP contribution in [0.3, 0.4) is 0 Å². The van der Waals surface area contributed by atoms with Crippen LogP contribution in [0.4, 0.5) is 10.8 Å². The Morgan fingerprint density at radius 1 is 1.10 bits per heavy atom. The minimum Gasteiger partial charge on any atom is -0.375 e. The van der Waals surface area contributed by atoms with Gasteiger partial charge >= 0.3 is 0 Å². The van der Waals surface area contributed by atoms with Gasteiger partial charge in [-0.05, 0) is 30.3 Å². The van der Waals surface area contributed by atoms with E-state index in [1.807, 2.05) is 0 Å². The van der Waals surface area contributed by atoms with Gasteiger partial charge in [-0.15, -0.1) is 0 Å². The normalized spacial score (nSPS) is 11.6. The minimum absolute atomic E-state index is 0.226. The maximum absolute atomic E-state index is 12.2. The second-order valence-electron chi connectivity index (χ2n) is 4.15. The zero-order valence-electron chi connectivity index (χ0n) is 10.3. The summed E-state index contributed by atoms with van der Waals surface area (Å²) >= 11 is 1.32. The van der Waals surface area contributed by atoms with Gasteiger partial charge in [-0.25, -0.2) is 13.4 Å². The lowest BCUT2D eigenvalue weighted by Gasteiger charge is -2.07. The average molecular weight is 305 g/mol. The van der Waals surface area contributed by atoms with Crippen molar-refractivity contribution < 1.29 is 8.42 Å². The number of hydrogen-bond donors (Lipinski definition) is 2. The topological polar surface area (TPSA) is 85.1 Å². The molecule has 0 aliphatic carbocycles. The summed E-state index contributed by atoms with van der Waals surface area (Å²) in [5.41, 5.74) is 6.88. The van der Waals surface area contributed by atoms with Crippen molar-refractivity contribution in [3.05, 3.63) is 48.5 Å². The molecule has 0 atom stereocenters. The first-order valence-corrected chi connectivity index (χ1v) is 8.08. The third-order valence-corrected chi connectivity index (χ3v) is 4.96. The van der Waals surface area contributed by atoms with E-state index in [9.17, 15) is 8.42 Å². The summed E-state index contributed by atoms with van der Waals surface area (Å²) in [5.74, 6) is 0. The van der Waals surface area contributed by atoms with Crippen molar-refractivity contribution in [3.63, 3.8) is 0 Å². The second-order valence-corrected chi connectivity index (χ2v) is 6.90. The van der Waals surface area contributed by atoms with E-state index < -0.39 is 10.0 Å². The van der Waals surface area contributed by atoms with Crippen molar-refractivity contribution in [1.29, 1.82) is 0 Å². The minimum atomic E-state index is -3.57. The van der Waals surface area contributed by atoms with E-state index in [1.165, 1.54) is 11.3 Å². The molecule has 3 rings (SSSR count). The molecule has 1 heterocycles. The SMILES string of the molecule is Nc1nc2ccc(NS(=O)(=O)c3ccccc3)cc2s1. The quantitative estimate of drug-likeness (QED) is 0.779. The lowest BCUT2D eigenvalue weighted by molar-refractivity contribution is 0.601. The molecule has 20 heavy (non-hydrogen) atoms. The number of thiazole rings is 1. The molecular formula is C13H11N3O2S2. The second kappa shape index (κ2) is 4.77. The molecule has 0 unspecified atom stereocenters. The third-order valence-electron chi connectivity index (χ3n) is 2.71. The number of aromatic nitrogens is 1. The Kier molecular flexibility index (Phi) is 3.07. The Labute approximate surface area is 120 Å². The first-order chi connectivity index (χ1) is 9.54. The maximum Gasteiger partial charge on any atom is 0.261 e. The Balaban J connectivity index is 1.96. The molecule has 0 spiro atoms. The van der Waals surface area contributed by atoms with Gasteiger partial charge in [0.05, 0.1) is 20.8 Å². The van der Waals surface area contributed by atoms with Crippen molar-refractivity contribution in [2.45, 2.75) is 4.90 Å². The van der Waals surface area contributed by atoms with Gasteiger partial charge in [-0.2, -0.15) is 0 Å². The lowest BCUT2D eigenvalue weighted by atomic mass is 10.3. The molecule has 0 amide bonds. The fourth-order valence-corrected chi connectivity index (χ4v) is 3.66. The number of hydrogen-bond acceptors (Lipinski definition) is 5. The van der Waals surface area contributed by atoms with Crippen LogP contribution < -0.4 is 10.5 Å². The summed E-state index contributed by atoms with van der Waals surface area (Å²) < 4.78 is 27.8. The number of nitrogens with zero attached hydrogens (tertiary/aromatic N) is 1. The molecule has 5 nitrogen and oxygen atoms in total. The van der Waals surface area contributed by atoms with E-state index in [1.54, 1.807) is 48.5 Å². The van der Waals surface area contributed by atoms with Gasteiger partial charge in [-0.1, -0.05) is 29.5 Å². The van der Waals surface area contributed by atoms with Crippen LogP contribution in [0, 0.1) is 0 Å². The van der Waals surface area contributed by atoms with E-state index in [2.05, 4.69) is 9.71 Å². The average Bonchev–Trinajstić information content (AvgIpc) is 2.79. The van der Waals surface area contributed by atoms with Crippen LogP contribution in [-0.2, 0) is 10.0 Å². The van der Waals surface area contributed by atoms with Gasteiger partial charge in [-0.3, -0.25) is 4.72 Å². The van der Waals surface area contributed by atoms with Gasteiger partial charge in [0.25, 0.3) is 10.0 Å². The fourth-order valence-electron chi connectivity index (χ4n) is 1.82. The summed E-state index contributed by atoms with van der Waals surface area (Å²) in [6.07, 6.45) is 0. The predicted octanol–water partition coefficient (Wildman–Crippen LogP) is 2.68. The Morgan fingerprint density at radius 3 is 2.60 bits per heavy atom. The van der Waals surface area contributed by atoms with Crippen LogP contribution in [0.5, 0.6) is 0 Å². The molecule has 0 radical (unpaired) electrons. The molecular weight excluding hydrogens is 294 g/mol. The van der Waals surface area contributed by atoms with Crippen molar-refractivity contribution in [2.24, 2.45) is 0 Å². The standard InChI is InChI=1S/C13H11N3O2S2/c14-13-15-11-7-6-9(8-12(11)19-13)16-20(17,18)10-4-2-1-3-5-10/h1-8,16H,(H2,14,15). The van der Waals surface area contributed by atoms with Gasteiger partial charge in [0.2, 0.25) is 0 Å². The molecule has 0 aliphatic rings. The number of anilines is 2. The van der Waals surface area contributed by atoms with Crippen LogP contribution in [0.25, 0.3) is 10.2 Å². The smallest absolute Gasteiger partial charge is 0.261 e. The van der Waals surface area contributed by atoms with Gasteiger partial charge in [0.1, 0.15) is 0 Å². The predicted molar refractivity (Wildman–Crippen MR) is 81.3 cm³/mol. The highest BCUT2D eigenvalue weighted by Gasteiger charge is 2.14. The largest absolute Gasteiger partial charge is 0.375 e. The molecule has 3 N–H and O–H groups in total. The summed E-state index contributed by atoms with van der Waals surface area (Å²) in [7, 11) is -3.57. The molecule has 102 valence electrons. The molecule has 0 aliphatic heterocycles. The molecule has 2 aromatic carbocycles. The van der Waals surface area contributed by atoms with Crippen LogP contribution >= 0.6 is 11.3 Å². The summed E-state index contributed by atoms with van der Waals surface area (Å²) in [6.45, 7) is 0. The summed E-state index contributed by atoms with van der Waals surface area (Å²) in [4.78, 5) is 4.35. The summed E-state index contributed by atoms with van der Waals surface area (Å²) in [5, 5.41) is 0.461. The number of nitrogen functional groups attached to an aromatic ring is 1. The van der Waals surface area contributed by atoms with E-state index in [4.69, 9.17) is 5.73 Å². The first-order valence-electron chi connectivity index (χ1n) is 5.78. The van der Waals surface area contributed by atoms with E-state index in [0.717, 1.165) is 10.2 Å². The van der Waals surface area contributed by atoms with Gasteiger partial charge in [0.15, 0.2) is 5.13 Å². The molecule has 1 aromatic heterocycles. The van der Waals surface area contributed by atoms with E-state index >= 15 is 0 Å². The van der Waals surface area contributed by atoms with Crippen LogP contribution in [-0.4, -0.2) is 13.4 Å². The number of nitrogens with two attached hydrogens (primary N) is 1. The molecule has 3 aromatic rings. The highest BCUT2D eigenvalue weighted by Crippen LogP contribution is 2.27. The fraction of sp³-hybridized carbons (Fsp3) is 0. The zero-order valence-corrected chi connectivity index (χ0v) is 11.9. The van der Waals surface area contributed by atoms with Crippen molar-refractivity contribution in [3.8, 4) is 0 Å². The van der Waals surface area contributed by atoms with Crippen molar-refractivity contribution in [2.75, 3.05) is 10.5 Å². The van der Waals surface area contributed by atoms with Crippen LogP contribution in [0.2, 0.25) is 0 Å². The molecule has 0 bridgehead atoms. The van der Waals surface area contributed by atoms with Gasteiger partial charge in [0, 0.05) is 0 Å². The lowest BCUT2D eigenvalue weighted by Crippen LogP contribution is -2.12. The highest BCUT2D eigenvalue weighted by molar-refractivity contribution is 7.92. The Bertz CT molecular complexity index is 858. The zero-order chi connectivity index (χ0) is 14.2. The monoisotopic (exact) mass is 305 g/mol. The van der Waals surface area contributed by atoms with Crippen molar-refractivity contribution >= 4 is 42.4 Å². The van der Waals surface area contributed by atoms with Gasteiger partial charge < -0.3 is 5.73 Å². The number of rotatable bonds is 3. The van der Waals surface area contributed by atoms with E-state index in [-0.39, 0.29) is 4.90 Å².